The molecule has 0 bridgehead atoms. The van der Waals surface area contributed by atoms with Crippen molar-refractivity contribution in [2.45, 2.75) is 19.8 Å². The fourth-order valence-electron chi connectivity index (χ4n) is 2.56. The number of ether oxygens (including phenoxy) is 1. The fourth-order valence-corrected chi connectivity index (χ4v) is 2.56. The van der Waals surface area contributed by atoms with Gasteiger partial charge in [-0.05, 0) is 31.0 Å². The van der Waals surface area contributed by atoms with Crippen molar-refractivity contribution < 1.29 is 19.4 Å². The predicted molar refractivity (Wildman–Crippen MR) is 82.9 cm³/mol. The molecule has 2 N–H and O–H groups in total. The van der Waals surface area contributed by atoms with E-state index in [4.69, 9.17) is 9.84 Å². The van der Waals surface area contributed by atoms with Gasteiger partial charge in [-0.15, -0.1) is 0 Å². The summed E-state index contributed by atoms with van der Waals surface area (Å²) in [6.45, 7) is 2.76. The highest BCUT2D eigenvalue weighted by Crippen LogP contribution is 2.33. The molecular weight excluding hydrogens is 284 g/mol. The first-order chi connectivity index (χ1) is 10.6. The van der Waals surface area contributed by atoms with E-state index in [1.165, 1.54) is 0 Å². The number of aryl methyl sites for hydroxylation is 1. The molecule has 1 aliphatic rings. The second-order valence-electron chi connectivity index (χ2n) is 5.45. The first-order valence-corrected chi connectivity index (χ1v) is 7.40. The van der Waals surface area contributed by atoms with Crippen LogP contribution in [0, 0.1) is 12.8 Å². The quantitative estimate of drug-likeness (QED) is 0.764. The molecule has 1 atom stereocenters. The smallest absolute Gasteiger partial charge is 0.227 e. The number of rotatable bonds is 6. The molecule has 1 aliphatic heterocycles. The molecule has 2 amide bonds. The number of amides is 2. The van der Waals surface area contributed by atoms with E-state index in [2.05, 4.69) is 5.32 Å². The summed E-state index contributed by atoms with van der Waals surface area (Å²) in [6, 6.07) is 5.64. The number of nitrogens with zero attached hydrogens (tertiary/aromatic N) is 1. The lowest BCUT2D eigenvalue weighted by Crippen LogP contribution is -2.33. The van der Waals surface area contributed by atoms with Gasteiger partial charge in [0.05, 0.1) is 18.7 Å². The van der Waals surface area contributed by atoms with Crippen LogP contribution in [0.4, 0.5) is 5.69 Å². The van der Waals surface area contributed by atoms with Gasteiger partial charge in [0.1, 0.15) is 5.75 Å². The molecule has 2 rings (SSSR count). The Bertz CT molecular complexity index is 559. The van der Waals surface area contributed by atoms with Crippen LogP contribution in [0.2, 0.25) is 0 Å². The molecule has 6 nitrogen and oxygen atoms in total. The number of methoxy groups -OCH3 is 1. The van der Waals surface area contributed by atoms with Crippen LogP contribution >= 0.6 is 0 Å². The van der Waals surface area contributed by atoms with Gasteiger partial charge in [0, 0.05) is 26.1 Å². The average molecular weight is 306 g/mol. The van der Waals surface area contributed by atoms with Crippen molar-refractivity contribution >= 4 is 17.5 Å². The molecule has 1 fully saturated rings. The summed E-state index contributed by atoms with van der Waals surface area (Å²) >= 11 is 0. The first kappa shape index (κ1) is 16.3. The molecule has 1 saturated heterocycles. The molecule has 1 unspecified atom stereocenters. The Labute approximate surface area is 130 Å². The monoisotopic (exact) mass is 306 g/mol. The number of hydrogen-bond donors (Lipinski definition) is 2. The maximum atomic E-state index is 12.2. The molecule has 0 radical (unpaired) electrons. The zero-order valence-corrected chi connectivity index (χ0v) is 13.0. The first-order valence-electron chi connectivity index (χ1n) is 7.40. The van der Waals surface area contributed by atoms with Crippen LogP contribution in [0.15, 0.2) is 18.2 Å². The van der Waals surface area contributed by atoms with Crippen LogP contribution in [-0.4, -0.2) is 43.7 Å². The topological polar surface area (TPSA) is 78.9 Å². The summed E-state index contributed by atoms with van der Waals surface area (Å²) in [5, 5.41) is 11.5. The molecule has 0 aliphatic carbocycles. The normalized spacial score (nSPS) is 17.7. The van der Waals surface area contributed by atoms with E-state index in [-0.39, 0.29) is 30.8 Å². The summed E-state index contributed by atoms with van der Waals surface area (Å²) < 4.78 is 5.31. The second-order valence-corrected chi connectivity index (χ2v) is 5.45. The third kappa shape index (κ3) is 3.57. The Morgan fingerprint density at radius 1 is 1.50 bits per heavy atom. The summed E-state index contributed by atoms with van der Waals surface area (Å²) in [5.74, 6) is 0.0406. The van der Waals surface area contributed by atoms with Gasteiger partial charge >= 0.3 is 0 Å². The molecule has 120 valence electrons. The summed E-state index contributed by atoms with van der Waals surface area (Å²) in [5.41, 5.74) is 1.73. The number of carbonyl (C=O) groups is 2. The third-order valence-corrected chi connectivity index (χ3v) is 3.76. The number of hydrogen-bond acceptors (Lipinski definition) is 4. The fraction of sp³-hybridized carbons (Fsp3) is 0.500. The van der Waals surface area contributed by atoms with Crippen molar-refractivity contribution in [3.8, 4) is 5.75 Å². The van der Waals surface area contributed by atoms with E-state index in [0.29, 0.717) is 30.9 Å². The number of benzene rings is 1. The van der Waals surface area contributed by atoms with Gasteiger partial charge in [0.15, 0.2) is 0 Å². The minimum Gasteiger partial charge on any atom is -0.495 e. The van der Waals surface area contributed by atoms with Crippen LogP contribution in [0.3, 0.4) is 0 Å². The maximum Gasteiger partial charge on any atom is 0.227 e. The van der Waals surface area contributed by atoms with Crippen LogP contribution in [0.1, 0.15) is 18.4 Å². The van der Waals surface area contributed by atoms with Gasteiger partial charge in [0.25, 0.3) is 0 Å². The zero-order chi connectivity index (χ0) is 16.1. The summed E-state index contributed by atoms with van der Waals surface area (Å²) in [6.07, 6.45) is 0.712. The van der Waals surface area contributed by atoms with E-state index in [1.807, 2.05) is 25.1 Å². The number of anilines is 1. The van der Waals surface area contributed by atoms with Gasteiger partial charge in [-0.2, -0.15) is 0 Å². The summed E-state index contributed by atoms with van der Waals surface area (Å²) in [7, 11) is 1.56. The largest absolute Gasteiger partial charge is 0.495 e. The van der Waals surface area contributed by atoms with Crippen molar-refractivity contribution in [1.82, 2.24) is 5.32 Å². The Morgan fingerprint density at radius 2 is 2.27 bits per heavy atom. The van der Waals surface area contributed by atoms with Crippen LogP contribution in [-0.2, 0) is 9.59 Å². The lowest BCUT2D eigenvalue weighted by molar-refractivity contribution is -0.126. The summed E-state index contributed by atoms with van der Waals surface area (Å²) in [4.78, 5) is 25.9. The van der Waals surface area contributed by atoms with Crippen LogP contribution in [0.5, 0.6) is 5.75 Å². The molecular formula is C16H22N2O4. The molecule has 22 heavy (non-hydrogen) atoms. The lowest BCUT2D eigenvalue weighted by atomic mass is 10.1. The lowest BCUT2D eigenvalue weighted by Gasteiger charge is -2.20. The number of aliphatic hydroxyl groups excluding tert-OH is 1. The van der Waals surface area contributed by atoms with Gasteiger partial charge in [0.2, 0.25) is 11.8 Å². The van der Waals surface area contributed by atoms with E-state index >= 15 is 0 Å². The van der Waals surface area contributed by atoms with E-state index in [1.54, 1.807) is 12.0 Å². The van der Waals surface area contributed by atoms with E-state index < -0.39 is 0 Å². The Morgan fingerprint density at radius 3 is 2.95 bits per heavy atom. The standard InChI is InChI=1S/C16H22N2O4/c1-11-4-5-14(22-2)13(8-11)18-10-12(9-15(18)20)16(21)17-6-3-7-19/h4-5,8,12,19H,3,6-7,9-10H2,1-2H3,(H,17,21). The maximum absolute atomic E-state index is 12.2. The SMILES string of the molecule is COc1ccc(C)cc1N1CC(C(=O)NCCCO)CC1=O. The van der Waals surface area contributed by atoms with Crippen LogP contribution in [0.25, 0.3) is 0 Å². The third-order valence-electron chi connectivity index (χ3n) is 3.76. The van der Waals surface area contributed by atoms with Gasteiger partial charge in [-0.25, -0.2) is 0 Å². The molecule has 1 heterocycles. The van der Waals surface area contributed by atoms with E-state index in [0.717, 1.165) is 5.56 Å². The number of nitrogens with one attached hydrogen (secondary N) is 1. The minimum absolute atomic E-state index is 0.0382. The highest BCUT2D eigenvalue weighted by atomic mass is 16.5. The Balaban J connectivity index is 2.09. The van der Waals surface area contributed by atoms with Crippen molar-refractivity contribution in [1.29, 1.82) is 0 Å². The molecule has 0 saturated carbocycles. The van der Waals surface area contributed by atoms with Crippen LogP contribution < -0.4 is 15.0 Å². The Kier molecular flexibility index (Phi) is 5.38. The highest BCUT2D eigenvalue weighted by Gasteiger charge is 2.36. The van der Waals surface area contributed by atoms with Crippen molar-refractivity contribution in [3.05, 3.63) is 23.8 Å². The molecule has 1 aromatic carbocycles. The van der Waals surface area contributed by atoms with Gasteiger partial charge in [-0.3, -0.25) is 9.59 Å². The number of aliphatic hydroxyl groups is 1. The second kappa shape index (κ2) is 7.26. The van der Waals surface area contributed by atoms with Crippen molar-refractivity contribution in [2.24, 2.45) is 5.92 Å². The molecule has 0 spiro atoms. The van der Waals surface area contributed by atoms with Gasteiger partial charge < -0.3 is 20.1 Å². The average Bonchev–Trinajstić information content (AvgIpc) is 2.89. The van der Waals surface area contributed by atoms with Gasteiger partial charge in [-0.1, -0.05) is 6.07 Å². The Hall–Kier alpha value is -2.08. The number of carbonyl (C=O) groups excluding carboxylic acids is 2. The molecule has 6 heteroatoms. The van der Waals surface area contributed by atoms with E-state index in [9.17, 15) is 9.59 Å². The zero-order valence-electron chi connectivity index (χ0n) is 13.0. The highest BCUT2D eigenvalue weighted by molar-refractivity contribution is 6.01. The van der Waals surface area contributed by atoms with Crippen molar-refractivity contribution in [2.75, 3.05) is 31.7 Å². The van der Waals surface area contributed by atoms with Crippen molar-refractivity contribution in [3.63, 3.8) is 0 Å². The predicted octanol–water partition coefficient (Wildman–Crippen LogP) is 0.855. The minimum atomic E-state index is -0.364. The molecule has 1 aromatic rings. The molecule has 0 aromatic heterocycles.